The van der Waals surface area contributed by atoms with Crippen molar-refractivity contribution in [2.45, 2.75) is 25.1 Å². The topological polar surface area (TPSA) is 41.9 Å². The van der Waals surface area contributed by atoms with Crippen LogP contribution in [0.25, 0.3) is 0 Å². The van der Waals surface area contributed by atoms with Crippen molar-refractivity contribution in [2.75, 3.05) is 40.0 Å². The average Bonchev–Trinajstić information content (AvgIpc) is 2.53. The van der Waals surface area contributed by atoms with Crippen LogP contribution in [0.5, 0.6) is 5.75 Å². The van der Waals surface area contributed by atoms with Gasteiger partial charge in [0.1, 0.15) is 18.5 Å². The first kappa shape index (κ1) is 19.0. The molecule has 4 nitrogen and oxygen atoms in total. The van der Waals surface area contributed by atoms with E-state index in [1.807, 2.05) is 11.9 Å². The molecule has 0 saturated carbocycles. The highest BCUT2D eigenvalue weighted by Crippen LogP contribution is 2.31. The Bertz CT molecular complexity index is 504. The number of ether oxygens (including phenoxy) is 2. The number of rotatable bonds is 7. The predicted molar refractivity (Wildman–Crippen MR) is 84.0 cm³/mol. The Morgan fingerprint density at radius 3 is 2.71 bits per heavy atom. The Kier molecular flexibility index (Phi) is 6.89. The van der Waals surface area contributed by atoms with Crippen LogP contribution in [0.2, 0.25) is 0 Å². The second-order valence-electron chi connectivity index (χ2n) is 6.27. The predicted octanol–water partition coefficient (Wildman–Crippen LogP) is 2.80. The van der Waals surface area contributed by atoms with Crippen LogP contribution in [-0.2, 0) is 10.9 Å². The van der Waals surface area contributed by atoms with Crippen molar-refractivity contribution < 1.29 is 27.8 Å². The lowest BCUT2D eigenvalue weighted by molar-refractivity contribution is -0.137. The number of nitrogens with zero attached hydrogens (tertiary/aromatic N) is 1. The van der Waals surface area contributed by atoms with Gasteiger partial charge in [-0.15, -0.1) is 0 Å². The first-order chi connectivity index (χ1) is 11.3. The van der Waals surface area contributed by atoms with E-state index in [9.17, 15) is 18.3 Å². The molecule has 0 aromatic heterocycles. The van der Waals surface area contributed by atoms with E-state index >= 15 is 0 Å². The van der Waals surface area contributed by atoms with E-state index < -0.39 is 17.8 Å². The zero-order valence-electron chi connectivity index (χ0n) is 13.8. The lowest BCUT2D eigenvalue weighted by Crippen LogP contribution is -2.37. The monoisotopic (exact) mass is 347 g/mol. The molecule has 1 atom stereocenters. The molecule has 1 aromatic rings. The van der Waals surface area contributed by atoms with Gasteiger partial charge in [0.15, 0.2) is 0 Å². The van der Waals surface area contributed by atoms with Gasteiger partial charge in [0, 0.05) is 26.3 Å². The maximum atomic E-state index is 12.6. The molecule has 1 aromatic carbocycles. The van der Waals surface area contributed by atoms with Gasteiger partial charge in [-0.2, -0.15) is 13.2 Å². The molecule has 1 aliphatic rings. The van der Waals surface area contributed by atoms with Crippen LogP contribution in [0, 0.1) is 5.92 Å². The van der Waals surface area contributed by atoms with Gasteiger partial charge in [0.2, 0.25) is 0 Å². The molecule has 2 rings (SSSR count). The molecule has 1 fully saturated rings. The smallest absolute Gasteiger partial charge is 0.416 e. The van der Waals surface area contributed by atoms with Gasteiger partial charge in [0.25, 0.3) is 0 Å². The maximum absolute atomic E-state index is 12.6. The summed E-state index contributed by atoms with van der Waals surface area (Å²) >= 11 is 0. The minimum atomic E-state index is -4.40. The molecule has 1 N–H and O–H groups in total. The van der Waals surface area contributed by atoms with Crippen molar-refractivity contribution in [1.82, 2.24) is 4.90 Å². The van der Waals surface area contributed by atoms with E-state index in [1.165, 1.54) is 12.1 Å². The minimum absolute atomic E-state index is 0.0422. The van der Waals surface area contributed by atoms with Crippen LogP contribution < -0.4 is 4.74 Å². The number of hydrogen-bond acceptors (Lipinski definition) is 4. The molecule has 24 heavy (non-hydrogen) atoms. The van der Waals surface area contributed by atoms with E-state index in [2.05, 4.69) is 0 Å². The summed E-state index contributed by atoms with van der Waals surface area (Å²) in [6.07, 6.45) is -3.13. The second kappa shape index (κ2) is 8.69. The molecule has 0 bridgehead atoms. The number of halogens is 3. The highest BCUT2D eigenvalue weighted by Gasteiger charge is 2.30. The highest BCUT2D eigenvalue weighted by molar-refractivity contribution is 5.30. The number of likely N-dealkylation sites (N-methyl/N-ethyl adjacent to an activating group) is 1. The molecule has 1 aliphatic heterocycles. The van der Waals surface area contributed by atoms with Gasteiger partial charge >= 0.3 is 6.18 Å². The van der Waals surface area contributed by atoms with Crippen molar-refractivity contribution in [3.63, 3.8) is 0 Å². The number of benzene rings is 1. The molecule has 1 unspecified atom stereocenters. The van der Waals surface area contributed by atoms with E-state index in [0.29, 0.717) is 12.5 Å². The number of aliphatic hydroxyl groups is 1. The summed E-state index contributed by atoms with van der Waals surface area (Å²) in [6, 6.07) is 4.68. The Morgan fingerprint density at radius 2 is 2.04 bits per heavy atom. The quantitative estimate of drug-likeness (QED) is 0.824. The van der Waals surface area contributed by atoms with Crippen LogP contribution >= 0.6 is 0 Å². The van der Waals surface area contributed by atoms with Gasteiger partial charge in [-0.05, 0) is 44.0 Å². The molecular weight excluding hydrogens is 323 g/mol. The third-order valence-electron chi connectivity index (χ3n) is 4.04. The first-order valence-corrected chi connectivity index (χ1v) is 8.09. The molecule has 0 spiro atoms. The van der Waals surface area contributed by atoms with E-state index in [-0.39, 0.29) is 12.4 Å². The molecule has 1 saturated heterocycles. The first-order valence-electron chi connectivity index (χ1n) is 8.09. The van der Waals surface area contributed by atoms with Gasteiger partial charge < -0.3 is 19.5 Å². The largest absolute Gasteiger partial charge is 0.491 e. The standard InChI is InChI=1S/C17H24F3NO3/c1-21(10-13-5-7-23-8-6-13)11-15(22)12-24-16-4-2-3-14(9-16)17(18,19)20/h2-4,9,13,15,22H,5-8,10-12H2,1H3. The summed E-state index contributed by atoms with van der Waals surface area (Å²) in [6.45, 7) is 2.79. The number of hydrogen-bond donors (Lipinski definition) is 1. The number of aliphatic hydroxyl groups excluding tert-OH is 1. The molecule has 7 heteroatoms. The summed E-state index contributed by atoms with van der Waals surface area (Å²) < 4.78 is 48.5. The zero-order valence-corrected chi connectivity index (χ0v) is 13.8. The zero-order chi connectivity index (χ0) is 17.6. The summed E-state index contributed by atoms with van der Waals surface area (Å²) in [5.41, 5.74) is -0.758. The Morgan fingerprint density at radius 1 is 1.33 bits per heavy atom. The van der Waals surface area contributed by atoms with E-state index in [4.69, 9.17) is 9.47 Å². The average molecular weight is 347 g/mol. The fourth-order valence-corrected chi connectivity index (χ4v) is 2.81. The van der Waals surface area contributed by atoms with Crippen molar-refractivity contribution in [1.29, 1.82) is 0 Å². The fourth-order valence-electron chi connectivity index (χ4n) is 2.81. The van der Waals surface area contributed by atoms with Crippen molar-refractivity contribution in [3.8, 4) is 5.75 Å². The summed E-state index contributed by atoms with van der Waals surface area (Å²) in [4.78, 5) is 2.02. The fraction of sp³-hybridized carbons (Fsp3) is 0.647. The van der Waals surface area contributed by atoms with Crippen molar-refractivity contribution in [2.24, 2.45) is 5.92 Å². The van der Waals surface area contributed by atoms with Crippen LogP contribution in [0.3, 0.4) is 0 Å². The van der Waals surface area contributed by atoms with Crippen LogP contribution in [0.4, 0.5) is 13.2 Å². The van der Waals surface area contributed by atoms with Crippen molar-refractivity contribution in [3.05, 3.63) is 29.8 Å². The van der Waals surface area contributed by atoms with Gasteiger partial charge in [0.05, 0.1) is 5.56 Å². The van der Waals surface area contributed by atoms with Gasteiger partial charge in [-0.3, -0.25) is 0 Å². The molecule has 136 valence electrons. The minimum Gasteiger partial charge on any atom is -0.491 e. The summed E-state index contributed by atoms with van der Waals surface area (Å²) in [7, 11) is 1.92. The Hall–Kier alpha value is -1.31. The Labute approximate surface area is 140 Å². The van der Waals surface area contributed by atoms with E-state index in [0.717, 1.165) is 44.7 Å². The molecular formula is C17H24F3NO3. The second-order valence-corrected chi connectivity index (χ2v) is 6.27. The summed E-state index contributed by atoms with van der Waals surface area (Å²) in [5.74, 6) is 0.663. The van der Waals surface area contributed by atoms with E-state index in [1.54, 1.807) is 0 Å². The molecule has 1 heterocycles. The molecule has 0 radical (unpaired) electrons. The lowest BCUT2D eigenvalue weighted by atomic mass is 10.00. The SMILES string of the molecule is CN(CC(O)COc1cccc(C(F)(F)F)c1)CC1CCOCC1. The summed E-state index contributed by atoms with van der Waals surface area (Å²) in [5, 5.41) is 10.0. The third kappa shape index (κ3) is 6.30. The normalized spacial score (nSPS) is 17.9. The Balaban J connectivity index is 1.75. The highest BCUT2D eigenvalue weighted by atomic mass is 19.4. The third-order valence-corrected chi connectivity index (χ3v) is 4.04. The van der Waals surface area contributed by atoms with Crippen molar-refractivity contribution >= 4 is 0 Å². The van der Waals surface area contributed by atoms with Gasteiger partial charge in [-0.1, -0.05) is 6.07 Å². The van der Waals surface area contributed by atoms with Crippen LogP contribution in [0.1, 0.15) is 18.4 Å². The molecule has 0 aliphatic carbocycles. The maximum Gasteiger partial charge on any atom is 0.416 e. The van der Waals surface area contributed by atoms with Gasteiger partial charge in [-0.25, -0.2) is 0 Å². The lowest BCUT2D eigenvalue weighted by Gasteiger charge is -2.28. The van der Waals surface area contributed by atoms with Crippen LogP contribution in [0.15, 0.2) is 24.3 Å². The number of alkyl halides is 3. The molecule has 0 amide bonds. The van der Waals surface area contributed by atoms with Crippen LogP contribution in [-0.4, -0.2) is 56.1 Å².